The Bertz CT molecular complexity index is 820. The predicted octanol–water partition coefficient (Wildman–Crippen LogP) is 1.67. The molecule has 0 spiro atoms. The number of carbonyl (C=O) groups is 1. The quantitative estimate of drug-likeness (QED) is 0.749. The van der Waals surface area contributed by atoms with Crippen molar-refractivity contribution in [3.05, 3.63) is 60.7 Å². The van der Waals surface area contributed by atoms with Gasteiger partial charge < -0.3 is 5.32 Å². The molecule has 2 aromatic heterocycles. The maximum Gasteiger partial charge on any atom is 0.271 e. The summed E-state index contributed by atoms with van der Waals surface area (Å²) in [5.41, 5.74) is 1.38. The third kappa shape index (κ3) is 2.92. The molecule has 1 fully saturated rings. The number of amides is 1. The highest BCUT2D eigenvalue weighted by Crippen LogP contribution is 2.46. The van der Waals surface area contributed by atoms with Crippen LogP contribution in [0.4, 0.5) is 0 Å². The number of rotatable bonds is 6. The van der Waals surface area contributed by atoms with Gasteiger partial charge in [-0.2, -0.15) is 5.10 Å². The normalized spacial score (nSPS) is 15.2. The summed E-state index contributed by atoms with van der Waals surface area (Å²) in [5.74, 6) is -0.157. The lowest BCUT2D eigenvalue weighted by Gasteiger charge is -2.16. The molecule has 1 aromatic carbocycles. The lowest BCUT2D eigenvalue weighted by molar-refractivity contribution is 0.0934. The maximum atomic E-state index is 12.5. The number of nitrogens with one attached hydrogen (secondary N) is 1. The minimum Gasteiger partial charge on any atom is -0.350 e. The summed E-state index contributed by atoms with van der Waals surface area (Å²) in [6.07, 6.45) is 7.43. The van der Waals surface area contributed by atoms with E-state index in [9.17, 15) is 4.79 Å². The number of aromatic nitrogens is 5. The minimum absolute atomic E-state index is 0.118. The van der Waals surface area contributed by atoms with Crippen LogP contribution in [-0.2, 0) is 6.54 Å². The monoisotopic (exact) mass is 322 g/mol. The van der Waals surface area contributed by atoms with Crippen molar-refractivity contribution in [2.45, 2.75) is 19.4 Å². The molecule has 4 rings (SSSR count). The van der Waals surface area contributed by atoms with E-state index in [4.69, 9.17) is 0 Å². The molecule has 0 aliphatic heterocycles. The van der Waals surface area contributed by atoms with Crippen LogP contribution in [0.25, 0.3) is 5.69 Å². The fraction of sp³-hybridized carbons (Fsp3) is 0.294. The van der Waals surface area contributed by atoms with Gasteiger partial charge >= 0.3 is 0 Å². The first-order chi connectivity index (χ1) is 11.8. The topological polar surface area (TPSA) is 77.6 Å². The van der Waals surface area contributed by atoms with Crippen LogP contribution in [0.3, 0.4) is 0 Å². The standard InChI is InChI=1S/C17H18N6O/c24-16(15-11-19-21-23(15)14-5-2-1-3-6-14)18-12-17(7-8-17)13-22-10-4-9-20-22/h1-6,9-11H,7-8,12-13H2,(H,18,24). The summed E-state index contributed by atoms with van der Waals surface area (Å²) in [6, 6.07) is 11.4. The van der Waals surface area contributed by atoms with Gasteiger partial charge in [0.15, 0.2) is 5.69 Å². The van der Waals surface area contributed by atoms with Gasteiger partial charge in [0.2, 0.25) is 0 Å². The molecule has 1 aliphatic rings. The van der Waals surface area contributed by atoms with Crippen LogP contribution in [0.5, 0.6) is 0 Å². The zero-order valence-corrected chi connectivity index (χ0v) is 13.2. The van der Waals surface area contributed by atoms with Gasteiger partial charge in [-0.1, -0.05) is 23.4 Å². The Morgan fingerprint density at radius 3 is 2.75 bits per heavy atom. The molecule has 3 aromatic rings. The molecule has 1 saturated carbocycles. The lowest BCUT2D eigenvalue weighted by Crippen LogP contribution is -2.33. The van der Waals surface area contributed by atoms with Gasteiger partial charge in [0.25, 0.3) is 5.91 Å². The smallest absolute Gasteiger partial charge is 0.271 e. The Hall–Kier alpha value is -2.96. The number of para-hydroxylation sites is 1. The highest BCUT2D eigenvalue weighted by Gasteiger charge is 2.43. The predicted molar refractivity (Wildman–Crippen MR) is 87.6 cm³/mol. The second-order valence-electron chi connectivity index (χ2n) is 6.25. The lowest BCUT2D eigenvalue weighted by atomic mass is 10.1. The molecule has 0 unspecified atom stereocenters. The molecule has 7 heteroatoms. The van der Waals surface area contributed by atoms with Crippen molar-refractivity contribution in [1.29, 1.82) is 0 Å². The summed E-state index contributed by atoms with van der Waals surface area (Å²) in [4.78, 5) is 12.5. The Morgan fingerprint density at radius 1 is 1.21 bits per heavy atom. The van der Waals surface area contributed by atoms with E-state index >= 15 is 0 Å². The first-order valence-electron chi connectivity index (χ1n) is 7.98. The Kier molecular flexibility index (Phi) is 3.60. The largest absolute Gasteiger partial charge is 0.350 e. The molecule has 1 aliphatic carbocycles. The van der Waals surface area contributed by atoms with Crippen molar-refractivity contribution in [3.8, 4) is 5.69 Å². The van der Waals surface area contributed by atoms with E-state index in [1.54, 1.807) is 10.9 Å². The minimum atomic E-state index is -0.157. The highest BCUT2D eigenvalue weighted by atomic mass is 16.2. The van der Waals surface area contributed by atoms with E-state index in [1.165, 1.54) is 6.20 Å². The molecule has 0 bridgehead atoms. The van der Waals surface area contributed by atoms with E-state index in [0.29, 0.717) is 12.2 Å². The molecular weight excluding hydrogens is 304 g/mol. The number of hydrogen-bond donors (Lipinski definition) is 1. The third-order valence-electron chi connectivity index (χ3n) is 4.42. The average Bonchev–Trinajstić information content (AvgIpc) is 3.03. The van der Waals surface area contributed by atoms with Crippen LogP contribution in [-0.4, -0.2) is 37.2 Å². The van der Waals surface area contributed by atoms with Crippen molar-refractivity contribution in [1.82, 2.24) is 30.1 Å². The zero-order valence-electron chi connectivity index (χ0n) is 13.2. The van der Waals surface area contributed by atoms with E-state index in [2.05, 4.69) is 20.7 Å². The molecule has 0 saturated heterocycles. The summed E-state index contributed by atoms with van der Waals surface area (Å²) in [6.45, 7) is 1.46. The van der Waals surface area contributed by atoms with Gasteiger partial charge in [0.05, 0.1) is 11.9 Å². The molecule has 0 radical (unpaired) electrons. The van der Waals surface area contributed by atoms with Crippen molar-refractivity contribution in [2.24, 2.45) is 5.41 Å². The van der Waals surface area contributed by atoms with Gasteiger partial charge in [0.1, 0.15) is 0 Å². The molecule has 122 valence electrons. The van der Waals surface area contributed by atoms with Crippen molar-refractivity contribution >= 4 is 5.91 Å². The van der Waals surface area contributed by atoms with Crippen molar-refractivity contribution in [3.63, 3.8) is 0 Å². The van der Waals surface area contributed by atoms with E-state index < -0.39 is 0 Å². The number of benzene rings is 1. The maximum absolute atomic E-state index is 12.5. The van der Waals surface area contributed by atoms with E-state index in [1.807, 2.05) is 47.3 Å². The van der Waals surface area contributed by atoms with Gasteiger partial charge in [-0.05, 0) is 31.0 Å². The second-order valence-corrected chi connectivity index (χ2v) is 6.25. The fourth-order valence-corrected chi connectivity index (χ4v) is 2.81. The van der Waals surface area contributed by atoms with Crippen LogP contribution in [0.15, 0.2) is 55.0 Å². The number of carbonyl (C=O) groups excluding carboxylic acids is 1. The molecular formula is C17H18N6O. The molecule has 1 amide bonds. The first-order valence-corrected chi connectivity index (χ1v) is 7.98. The molecule has 1 N–H and O–H groups in total. The van der Waals surface area contributed by atoms with E-state index in [0.717, 1.165) is 25.1 Å². The zero-order chi connectivity index (χ0) is 16.4. The SMILES string of the molecule is O=C(NCC1(Cn2cccn2)CC1)c1cnnn1-c1ccccc1. The summed E-state index contributed by atoms with van der Waals surface area (Å²) in [5, 5.41) is 15.2. The van der Waals surface area contributed by atoms with Crippen molar-refractivity contribution in [2.75, 3.05) is 6.54 Å². The van der Waals surface area contributed by atoms with Gasteiger partial charge in [-0.25, -0.2) is 4.68 Å². The highest BCUT2D eigenvalue weighted by molar-refractivity contribution is 5.92. The summed E-state index contributed by atoms with van der Waals surface area (Å²) in [7, 11) is 0. The molecule has 24 heavy (non-hydrogen) atoms. The van der Waals surface area contributed by atoms with Crippen LogP contribution in [0, 0.1) is 5.41 Å². The van der Waals surface area contributed by atoms with Crippen LogP contribution < -0.4 is 5.32 Å². The number of hydrogen-bond acceptors (Lipinski definition) is 4. The van der Waals surface area contributed by atoms with Gasteiger partial charge in [0, 0.05) is 30.9 Å². The molecule has 2 heterocycles. The molecule has 7 nitrogen and oxygen atoms in total. The van der Waals surface area contributed by atoms with Crippen LogP contribution in [0.2, 0.25) is 0 Å². The second kappa shape index (κ2) is 5.92. The van der Waals surface area contributed by atoms with Crippen LogP contribution in [0.1, 0.15) is 23.3 Å². The van der Waals surface area contributed by atoms with E-state index in [-0.39, 0.29) is 11.3 Å². The van der Waals surface area contributed by atoms with Gasteiger partial charge in [-0.15, -0.1) is 5.10 Å². The Morgan fingerprint density at radius 2 is 2.04 bits per heavy atom. The van der Waals surface area contributed by atoms with Gasteiger partial charge in [-0.3, -0.25) is 9.48 Å². The Labute approximate surface area is 139 Å². The Balaban J connectivity index is 1.43. The number of nitrogens with zero attached hydrogens (tertiary/aromatic N) is 5. The third-order valence-corrected chi connectivity index (χ3v) is 4.42. The summed E-state index contributed by atoms with van der Waals surface area (Å²) >= 11 is 0. The van der Waals surface area contributed by atoms with Crippen molar-refractivity contribution < 1.29 is 4.79 Å². The first kappa shape index (κ1) is 14.6. The molecule has 0 atom stereocenters. The van der Waals surface area contributed by atoms with Crippen LogP contribution >= 0.6 is 0 Å². The fourth-order valence-electron chi connectivity index (χ4n) is 2.81. The average molecular weight is 322 g/mol. The summed E-state index contributed by atoms with van der Waals surface area (Å²) < 4.78 is 3.48.